The Morgan fingerprint density at radius 3 is 2.47 bits per heavy atom. The lowest BCUT2D eigenvalue weighted by atomic mass is 10.1. The number of alkyl halides is 4. The van der Waals surface area contributed by atoms with Crippen LogP contribution in [0.5, 0.6) is 5.75 Å². The van der Waals surface area contributed by atoms with Crippen LogP contribution in [0.4, 0.5) is 22.0 Å². The van der Waals surface area contributed by atoms with Gasteiger partial charge in [0, 0.05) is 22.6 Å². The standard InChI is InChI=1S/C26H22BrF5N2O3S/c27-19-4-7-22(8-5-19)38(35,36)34-15-18(23-9-6-20(28)13-24(23)34)10-11-33-14-17-2-1-3-21(12-17)37-16-26(31,32)25(29)30/h1-9,12-13,15,25,33H,10-11,14,16H2. The van der Waals surface area contributed by atoms with E-state index in [1.54, 1.807) is 24.3 Å². The third-order valence-corrected chi connectivity index (χ3v) is 7.95. The molecule has 1 N–H and O–H groups in total. The maximum atomic E-state index is 14.0. The van der Waals surface area contributed by atoms with E-state index in [1.165, 1.54) is 48.7 Å². The van der Waals surface area contributed by atoms with Crippen molar-refractivity contribution in [2.45, 2.75) is 30.2 Å². The van der Waals surface area contributed by atoms with Crippen molar-refractivity contribution in [1.82, 2.24) is 9.29 Å². The van der Waals surface area contributed by atoms with Crippen molar-refractivity contribution >= 4 is 36.9 Å². The highest BCUT2D eigenvalue weighted by molar-refractivity contribution is 9.10. The molecule has 1 aromatic heterocycles. The van der Waals surface area contributed by atoms with Crippen molar-refractivity contribution in [3.05, 3.63) is 94.3 Å². The van der Waals surface area contributed by atoms with Crippen LogP contribution in [0.25, 0.3) is 10.9 Å². The van der Waals surface area contributed by atoms with E-state index in [0.717, 1.165) is 8.45 Å². The smallest absolute Gasteiger partial charge is 0.340 e. The summed E-state index contributed by atoms with van der Waals surface area (Å²) in [5, 5.41) is 3.76. The highest BCUT2D eigenvalue weighted by Crippen LogP contribution is 2.28. The Hall–Kier alpha value is -2.96. The van der Waals surface area contributed by atoms with Crippen molar-refractivity contribution in [3.8, 4) is 5.75 Å². The first kappa shape index (κ1) is 28.1. The second-order valence-electron chi connectivity index (χ2n) is 8.50. The zero-order valence-corrected chi connectivity index (χ0v) is 22.1. The van der Waals surface area contributed by atoms with Crippen molar-refractivity contribution in [2.24, 2.45) is 0 Å². The van der Waals surface area contributed by atoms with Gasteiger partial charge in [-0.25, -0.2) is 25.6 Å². The highest BCUT2D eigenvalue weighted by Gasteiger charge is 2.41. The van der Waals surface area contributed by atoms with Gasteiger partial charge >= 0.3 is 12.3 Å². The molecule has 0 fully saturated rings. The van der Waals surface area contributed by atoms with Crippen LogP contribution in [0, 0.1) is 5.82 Å². The molecule has 0 aliphatic rings. The van der Waals surface area contributed by atoms with Gasteiger partial charge < -0.3 is 10.1 Å². The van der Waals surface area contributed by atoms with Gasteiger partial charge in [0.2, 0.25) is 0 Å². The van der Waals surface area contributed by atoms with E-state index in [4.69, 9.17) is 4.74 Å². The van der Waals surface area contributed by atoms with E-state index in [9.17, 15) is 30.4 Å². The predicted molar refractivity (Wildman–Crippen MR) is 137 cm³/mol. The van der Waals surface area contributed by atoms with Crippen LogP contribution in [-0.2, 0) is 23.0 Å². The molecule has 0 spiro atoms. The zero-order chi connectivity index (χ0) is 27.5. The van der Waals surface area contributed by atoms with E-state index in [2.05, 4.69) is 21.2 Å². The first-order valence-corrected chi connectivity index (χ1v) is 13.6. The number of fused-ring (bicyclic) bond motifs is 1. The third kappa shape index (κ3) is 6.36. The monoisotopic (exact) mass is 616 g/mol. The number of hydrogen-bond donors (Lipinski definition) is 1. The summed E-state index contributed by atoms with van der Waals surface area (Å²) in [6.07, 6.45) is -1.94. The molecule has 0 radical (unpaired) electrons. The Morgan fingerprint density at radius 2 is 1.76 bits per heavy atom. The van der Waals surface area contributed by atoms with Gasteiger partial charge in [-0.2, -0.15) is 8.78 Å². The van der Waals surface area contributed by atoms with E-state index < -0.39 is 34.8 Å². The first-order valence-electron chi connectivity index (χ1n) is 11.4. The molecule has 0 aliphatic carbocycles. The second kappa shape index (κ2) is 11.4. The molecule has 0 saturated heterocycles. The van der Waals surface area contributed by atoms with Crippen LogP contribution in [0.3, 0.4) is 0 Å². The van der Waals surface area contributed by atoms with Gasteiger partial charge in [0.25, 0.3) is 10.0 Å². The van der Waals surface area contributed by atoms with Gasteiger partial charge in [-0.1, -0.05) is 28.1 Å². The maximum absolute atomic E-state index is 14.0. The van der Waals surface area contributed by atoms with Gasteiger partial charge in [-0.15, -0.1) is 0 Å². The van der Waals surface area contributed by atoms with E-state index in [-0.39, 0.29) is 16.2 Å². The van der Waals surface area contributed by atoms with Crippen molar-refractivity contribution in [1.29, 1.82) is 0 Å². The predicted octanol–water partition coefficient (Wildman–Crippen LogP) is 6.39. The average molecular weight is 617 g/mol. The number of nitrogens with zero attached hydrogens (tertiary/aromatic N) is 1. The van der Waals surface area contributed by atoms with Crippen LogP contribution in [0.15, 0.2) is 82.3 Å². The summed E-state index contributed by atoms with van der Waals surface area (Å²) in [5.41, 5.74) is 1.57. The maximum Gasteiger partial charge on any atom is 0.340 e. The Kier molecular flexibility index (Phi) is 8.43. The minimum Gasteiger partial charge on any atom is -0.487 e. The fourth-order valence-electron chi connectivity index (χ4n) is 3.80. The molecule has 1 heterocycles. The number of rotatable bonds is 11. The van der Waals surface area contributed by atoms with Gasteiger partial charge in [-0.05, 0) is 78.7 Å². The van der Waals surface area contributed by atoms with Crippen LogP contribution in [-0.4, -0.2) is 37.9 Å². The third-order valence-electron chi connectivity index (χ3n) is 5.74. The van der Waals surface area contributed by atoms with Crippen LogP contribution in [0.2, 0.25) is 0 Å². The summed E-state index contributed by atoms with van der Waals surface area (Å²) >= 11 is 3.28. The number of halogens is 6. The quantitative estimate of drug-likeness (QED) is 0.157. The second-order valence-corrected chi connectivity index (χ2v) is 11.2. The topological polar surface area (TPSA) is 60.3 Å². The molecular weight excluding hydrogens is 595 g/mol. The number of ether oxygens (including phenoxy) is 1. The summed E-state index contributed by atoms with van der Waals surface area (Å²) in [7, 11) is -3.98. The van der Waals surface area contributed by atoms with Crippen LogP contribution >= 0.6 is 15.9 Å². The number of hydrogen-bond acceptors (Lipinski definition) is 4. The molecule has 0 unspecified atom stereocenters. The molecule has 38 heavy (non-hydrogen) atoms. The van der Waals surface area contributed by atoms with E-state index in [1.807, 2.05) is 0 Å². The number of aromatic nitrogens is 1. The summed E-state index contributed by atoms with van der Waals surface area (Å²) in [4.78, 5) is 0.0555. The summed E-state index contributed by atoms with van der Waals surface area (Å²) < 4.78 is 98.1. The SMILES string of the molecule is O=S(=O)(c1ccc(Br)cc1)n1cc(CCNCc2cccc(OCC(F)(F)C(F)F)c2)c2ccc(F)cc21. The largest absolute Gasteiger partial charge is 0.487 e. The lowest BCUT2D eigenvalue weighted by Gasteiger charge is -2.16. The molecule has 0 saturated carbocycles. The van der Waals surface area contributed by atoms with Gasteiger partial charge in [-0.3, -0.25) is 0 Å². The molecule has 12 heteroatoms. The average Bonchev–Trinajstić information content (AvgIpc) is 3.24. The van der Waals surface area contributed by atoms with Gasteiger partial charge in [0.05, 0.1) is 10.4 Å². The van der Waals surface area contributed by atoms with E-state index >= 15 is 0 Å². The van der Waals surface area contributed by atoms with Crippen LogP contribution in [0.1, 0.15) is 11.1 Å². The molecule has 0 aliphatic heterocycles. The fraction of sp³-hybridized carbons (Fsp3) is 0.231. The molecule has 202 valence electrons. The highest BCUT2D eigenvalue weighted by atomic mass is 79.9. The minimum atomic E-state index is -4.25. The Morgan fingerprint density at radius 1 is 1.03 bits per heavy atom. The summed E-state index contributed by atoms with van der Waals surface area (Å²) in [5.74, 6) is -4.78. The molecule has 3 aromatic carbocycles. The first-order chi connectivity index (χ1) is 18.0. The molecule has 4 aromatic rings. The van der Waals surface area contributed by atoms with Crippen molar-refractivity contribution < 1.29 is 35.1 Å². The van der Waals surface area contributed by atoms with Crippen molar-refractivity contribution in [3.63, 3.8) is 0 Å². The lowest BCUT2D eigenvalue weighted by Crippen LogP contribution is -2.33. The molecule has 0 atom stereocenters. The normalized spacial score (nSPS) is 12.4. The molecule has 4 rings (SSSR count). The number of benzene rings is 3. The fourth-order valence-corrected chi connectivity index (χ4v) is 5.45. The Balaban J connectivity index is 1.45. The van der Waals surface area contributed by atoms with Crippen LogP contribution < -0.4 is 10.1 Å². The Labute approximate surface area is 224 Å². The molecule has 0 bridgehead atoms. The van der Waals surface area contributed by atoms with Crippen molar-refractivity contribution in [2.75, 3.05) is 13.2 Å². The summed E-state index contributed by atoms with van der Waals surface area (Å²) in [6.45, 7) is -0.717. The Bertz CT molecular complexity index is 1530. The molecular formula is C26H22BrF5N2O3S. The number of nitrogens with one attached hydrogen (secondary N) is 1. The molecule has 5 nitrogen and oxygen atoms in total. The molecule has 0 amide bonds. The minimum absolute atomic E-state index is 0.0351. The zero-order valence-electron chi connectivity index (χ0n) is 19.7. The lowest BCUT2D eigenvalue weighted by molar-refractivity contribution is -0.148. The van der Waals surface area contributed by atoms with Gasteiger partial charge in [0.1, 0.15) is 11.6 Å². The van der Waals surface area contributed by atoms with Gasteiger partial charge in [0.15, 0.2) is 6.61 Å². The van der Waals surface area contributed by atoms with E-state index in [0.29, 0.717) is 36.0 Å². The summed E-state index contributed by atoms with van der Waals surface area (Å²) in [6, 6.07) is 16.2.